The smallest absolute Gasteiger partial charge is 0.199 e. The first-order valence-corrected chi connectivity index (χ1v) is 12.2. The topological polar surface area (TPSA) is 0 Å². The third kappa shape index (κ3) is 5.45. The summed E-state index contributed by atoms with van der Waals surface area (Å²) in [5, 5.41) is 0. The Morgan fingerprint density at radius 2 is 0.917 bits per heavy atom. The van der Waals surface area contributed by atoms with Crippen molar-refractivity contribution in [1.29, 1.82) is 0 Å². The molecule has 0 bridgehead atoms. The molecule has 36 heavy (non-hydrogen) atoms. The van der Waals surface area contributed by atoms with Crippen LogP contribution in [0.1, 0.15) is 84.0 Å². The summed E-state index contributed by atoms with van der Waals surface area (Å²) >= 11 is 0. The van der Waals surface area contributed by atoms with E-state index in [1.807, 2.05) is 0 Å². The Morgan fingerprint density at radius 3 is 1.33 bits per heavy atom. The Balaban J connectivity index is 2.07. The molecule has 0 radical (unpaired) electrons. The molecule has 0 unspecified atom stereocenters. The fraction of sp³-hybridized carbons (Fsp3) is 1.00. The molecule has 2 aliphatic rings. The molecule has 214 valence electrons. The summed E-state index contributed by atoms with van der Waals surface area (Å²) in [5.41, 5.74) is 0. The second-order valence-electron chi connectivity index (χ2n) is 10.3. The van der Waals surface area contributed by atoms with Gasteiger partial charge in [-0.25, -0.2) is 0 Å². The highest BCUT2D eigenvalue weighted by atomic mass is 19.4. The number of unbranched alkanes of at least 4 members (excludes halogenated alkanes) is 2. The van der Waals surface area contributed by atoms with Gasteiger partial charge >= 0.3 is 35.8 Å². The van der Waals surface area contributed by atoms with E-state index >= 15 is 0 Å². The van der Waals surface area contributed by atoms with Gasteiger partial charge in [0.25, 0.3) is 0 Å². The van der Waals surface area contributed by atoms with Crippen molar-refractivity contribution in [2.24, 2.45) is 23.7 Å². The lowest BCUT2D eigenvalue weighted by molar-refractivity contribution is -0.443. The van der Waals surface area contributed by atoms with Crippen molar-refractivity contribution in [1.82, 2.24) is 0 Å². The van der Waals surface area contributed by atoms with E-state index in [1.165, 1.54) is 0 Å². The summed E-state index contributed by atoms with van der Waals surface area (Å²) in [6, 6.07) is 0. The second-order valence-corrected chi connectivity index (χ2v) is 10.3. The Bertz CT molecular complexity index is 697. The van der Waals surface area contributed by atoms with Crippen LogP contribution in [-0.2, 0) is 0 Å². The Kier molecular flexibility index (Phi) is 9.30. The SMILES string of the molecule is CCCCC[C@H]1CC[C@H](C2CCC(C(F)(F)C(F)(F)C(F)(F)C(F)(F)C(F)(F)C(F)(F)F)CC2)CC1. The molecular weight excluding hydrogens is 523 g/mol. The van der Waals surface area contributed by atoms with Gasteiger partial charge in [-0.05, 0) is 56.3 Å². The van der Waals surface area contributed by atoms with Crippen LogP contribution in [0, 0.1) is 23.7 Å². The molecule has 0 nitrogen and oxygen atoms in total. The van der Waals surface area contributed by atoms with Gasteiger partial charge in [0.2, 0.25) is 0 Å². The van der Waals surface area contributed by atoms with E-state index in [0.29, 0.717) is 5.92 Å². The summed E-state index contributed by atoms with van der Waals surface area (Å²) in [4.78, 5) is 0. The van der Waals surface area contributed by atoms with Crippen molar-refractivity contribution in [3.05, 3.63) is 0 Å². The summed E-state index contributed by atoms with van der Waals surface area (Å²) in [6.45, 7) is 2.08. The second kappa shape index (κ2) is 10.7. The van der Waals surface area contributed by atoms with Crippen molar-refractivity contribution in [3.63, 3.8) is 0 Å². The number of rotatable bonds is 10. The van der Waals surface area contributed by atoms with E-state index in [4.69, 9.17) is 0 Å². The molecular formula is C23H31F13. The van der Waals surface area contributed by atoms with Crippen LogP contribution in [0.15, 0.2) is 0 Å². The number of alkyl halides is 13. The molecule has 13 heteroatoms. The van der Waals surface area contributed by atoms with E-state index in [0.717, 1.165) is 51.4 Å². The average molecular weight is 554 g/mol. The molecule has 0 atom stereocenters. The van der Waals surface area contributed by atoms with E-state index in [1.54, 1.807) is 0 Å². The minimum absolute atomic E-state index is 0.0812. The Labute approximate surface area is 201 Å². The average Bonchev–Trinajstić information content (AvgIpc) is 2.78. The molecule has 0 spiro atoms. The molecule has 0 aromatic heterocycles. The fourth-order valence-corrected chi connectivity index (χ4v) is 5.62. The van der Waals surface area contributed by atoms with E-state index < -0.39 is 54.5 Å². The fourth-order valence-electron chi connectivity index (χ4n) is 5.62. The van der Waals surface area contributed by atoms with Gasteiger partial charge in [-0.1, -0.05) is 45.4 Å². The molecule has 0 aromatic rings. The van der Waals surface area contributed by atoms with Crippen molar-refractivity contribution in [3.8, 4) is 0 Å². The van der Waals surface area contributed by atoms with Gasteiger partial charge < -0.3 is 0 Å². The maximum absolute atomic E-state index is 14.5. The molecule has 2 fully saturated rings. The number of halogens is 13. The summed E-state index contributed by atoms with van der Waals surface area (Å²) < 4.78 is 174. The Hall–Kier alpha value is -0.910. The lowest BCUT2D eigenvalue weighted by atomic mass is 9.67. The monoisotopic (exact) mass is 554 g/mol. The first-order valence-electron chi connectivity index (χ1n) is 12.2. The van der Waals surface area contributed by atoms with Crippen molar-refractivity contribution < 1.29 is 57.1 Å². The number of hydrogen-bond donors (Lipinski definition) is 0. The number of hydrogen-bond acceptors (Lipinski definition) is 0. The third-order valence-electron chi connectivity index (χ3n) is 8.02. The molecule has 2 saturated carbocycles. The molecule has 0 N–H and O–H groups in total. The van der Waals surface area contributed by atoms with Gasteiger partial charge in [-0.15, -0.1) is 0 Å². The third-order valence-corrected chi connectivity index (χ3v) is 8.02. The quantitative estimate of drug-likeness (QED) is 0.186. The highest BCUT2D eigenvalue weighted by Crippen LogP contribution is 2.62. The van der Waals surface area contributed by atoms with Crippen LogP contribution in [0.4, 0.5) is 57.1 Å². The maximum atomic E-state index is 14.5. The largest absolute Gasteiger partial charge is 0.460 e. The molecule has 0 aromatic carbocycles. The zero-order chi connectivity index (χ0) is 27.8. The van der Waals surface area contributed by atoms with Crippen LogP contribution in [0.3, 0.4) is 0 Å². The predicted molar refractivity (Wildman–Crippen MR) is 106 cm³/mol. The van der Waals surface area contributed by atoms with Gasteiger partial charge in [0, 0.05) is 5.92 Å². The first-order chi connectivity index (χ1) is 16.3. The molecule has 2 rings (SSSR count). The zero-order valence-corrected chi connectivity index (χ0v) is 19.7. The first kappa shape index (κ1) is 31.3. The highest BCUT2D eigenvalue weighted by molar-refractivity contribution is 5.11. The normalized spacial score (nSPS) is 27.8. The van der Waals surface area contributed by atoms with Crippen LogP contribution in [-0.4, -0.2) is 35.8 Å². The Morgan fingerprint density at radius 1 is 0.500 bits per heavy atom. The lowest BCUT2D eigenvalue weighted by Gasteiger charge is -2.44. The van der Waals surface area contributed by atoms with E-state index in [-0.39, 0.29) is 24.7 Å². The standard InChI is InChI=1S/C23H31F13/c1-2-3-4-5-14-6-8-15(9-7-14)16-10-12-17(13-11-16)18(24,25)19(26,27)20(28,29)21(30,31)22(32,33)23(34,35)36/h14-17H,2-13H2,1H3/t14-,15-,16?,17?. The lowest BCUT2D eigenvalue weighted by Crippen LogP contribution is -2.71. The maximum Gasteiger partial charge on any atom is 0.460 e. The highest BCUT2D eigenvalue weighted by Gasteiger charge is 2.91. The summed E-state index contributed by atoms with van der Waals surface area (Å²) in [6.07, 6.45) is -1.30. The zero-order valence-electron chi connectivity index (χ0n) is 19.7. The van der Waals surface area contributed by atoms with Gasteiger partial charge in [0.05, 0.1) is 0 Å². The van der Waals surface area contributed by atoms with Crippen LogP contribution < -0.4 is 0 Å². The van der Waals surface area contributed by atoms with Gasteiger partial charge in [0.1, 0.15) is 0 Å². The van der Waals surface area contributed by atoms with Crippen molar-refractivity contribution in [2.75, 3.05) is 0 Å². The summed E-state index contributed by atoms with van der Waals surface area (Å²) in [5.74, 6) is -38.4. The minimum atomic E-state index is -7.82. The predicted octanol–water partition coefficient (Wildman–Crippen LogP) is 9.92. The van der Waals surface area contributed by atoms with Crippen LogP contribution in [0.25, 0.3) is 0 Å². The molecule has 0 amide bonds. The van der Waals surface area contributed by atoms with Crippen molar-refractivity contribution >= 4 is 0 Å². The summed E-state index contributed by atoms with van der Waals surface area (Å²) in [7, 11) is 0. The van der Waals surface area contributed by atoms with Crippen LogP contribution in [0.5, 0.6) is 0 Å². The molecule has 0 heterocycles. The minimum Gasteiger partial charge on any atom is -0.199 e. The van der Waals surface area contributed by atoms with E-state index in [2.05, 4.69) is 6.92 Å². The van der Waals surface area contributed by atoms with E-state index in [9.17, 15) is 57.1 Å². The van der Waals surface area contributed by atoms with Gasteiger partial charge in [-0.2, -0.15) is 57.1 Å². The molecule has 0 aliphatic heterocycles. The van der Waals surface area contributed by atoms with Crippen molar-refractivity contribution in [2.45, 2.75) is 120 Å². The molecule has 2 aliphatic carbocycles. The molecule has 0 saturated heterocycles. The van der Waals surface area contributed by atoms with Crippen LogP contribution >= 0.6 is 0 Å². The van der Waals surface area contributed by atoms with Gasteiger partial charge in [-0.3, -0.25) is 0 Å². The van der Waals surface area contributed by atoms with Gasteiger partial charge in [0.15, 0.2) is 0 Å². The van der Waals surface area contributed by atoms with Crippen LogP contribution in [0.2, 0.25) is 0 Å².